The largest absolute Gasteiger partial charge is 0.436 e. The minimum absolute atomic E-state index is 0.330. The first kappa shape index (κ1) is 9.91. The second-order valence-electron chi connectivity index (χ2n) is 1.36. The van der Waals surface area contributed by atoms with Crippen LogP contribution in [0, 0.1) is 0 Å². The van der Waals surface area contributed by atoms with E-state index >= 15 is 0 Å². The van der Waals surface area contributed by atoms with E-state index in [0.717, 1.165) is 0 Å². The molecule has 0 saturated carbocycles. The highest BCUT2D eigenvalue weighted by atomic mass is 79.9. The fourth-order valence-corrected chi connectivity index (χ4v) is 0.808. The minimum atomic E-state index is -0.744. The Bertz CT molecular complexity index is 112. The van der Waals surface area contributed by atoms with Gasteiger partial charge >= 0.3 is 5.97 Å². The Morgan fingerprint density at radius 3 is 2.22 bits per heavy atom. The molecule has 0 aromatic rings. The lowest BCUT2D eigenvalue weighted by molar-refractivity contribution is -0.142. The molecular weight excluding hydrogens is 320 g/mol. The fourth-order valence-electron chi connectivity index (χ4n) is 0.238. The molecule has 0 aliphatic heterocycles. The molecule has 54 valence electrons. The van der Waals surface area contributed by atoms with Gasteiger partial charge in [-0.2, -0.15) is 0 Å². The molecule has 9 heavy (non-hydrogen) atoms. The number of alkyl halides is 3. The van der Waals surface area contributed by atoms with Crippen molar-refractivity contribution in [2.45, 2.75) is 10.3 Å². The molecule has 0 aromatic carbocycles. The van der Waals surface area contributed by atoms with Crippen molar-refractivity contribution in [1.29, 1.82) is 0 Å². The van der Waals surface area contributed by atoms with Crippen LogP contribution in [-0.2, 0) is 9.53 Å². The Morgan fingerprint density at radius 2 is 2.11 bits per heavy atom. The number of carbonyl (C=O) groups excluding carboxylic acids is 1. The van der Waals surface area contributed by atoms with Gasteiger partial charge in [0.25, 0.3) is 0 Å². The van der Waals surface area contributed by atoms with Crippen LogP contribution in [-0.4, -0.2) is 14.7 Å². The van der Waals surface area contributed by atoms with Gasteiger partial charge in [0, 0.05) is 6.92 Å². The zero-order valence-corrected chi connectivity index (χ0v) is 9.42. The van der Waals surface area contributed by atoms with Crippen molar-refractivity contribution < 1.29 is 9.53 Å². The van der Waals surface area contributed by atoms with Gasteiger partial charge in [-0.1, -0.05) is 15.9 Å². The van der Waals surface area contributed by atoms with Gasteiger partial charge in [-0.05, 0) is 31.9 Å². The lowest BCUT2D eigenvalue weighted by Gasteiger charge is -2.16. The Hall–Kier alpha value is 0.910. The van der Waals surface area contributed by atoms with Gasteiger partial charge in [0.05, 0.1) is 5.33 Å². The average Bonchev–Trinajstić information content (AvgIpc) is 1.63. The number of hydrogen-bond acceptors (Lipinski definition) is 2. The summed E-state index contributed by atoms with van der Waals surface area (Å²) in [6.45, 7) is 1.35. The van der Waals surface area contributed by atoms with Crippen LogP contribution >= 0.6 is 47.8 Å². The standard InChI is InChI=1S/C4H5Br3O2/c1-3(8)9-4(6,7)2-5/h2H2,1H3. The summed E-state index contributed by atoms with van der Waals surface area (Å²) >= 11 is 9.34. The average molecular weight is 325 g/mol. The summed E-state index contributed by atoms with van der Waals surface area (Å²) in [7, 11) is 0. The van der Waals surface area contributed by atoms with Gasteiger partial charge in [0.1, 0.15) is 0 Å². The van der Waals surface area contributed by atoms with Crippen LogP contribution in [0.25, 0.3) is 0 Å². The van der Waals surface area contributed by atoms with Gasteiger partial charge in [-0.15, -0.1) is 0 Å². The summed E-state index contributed by atoms with van der Waals surface area (Å²) in [5.74, 6) is -0.330. The molecule has 0 aliphatic carbocycles. The van der Waals surface area contributed by atoms with Gasteiger partial charge < -0.3 is 4.74 Å². The van der Waals surface area contributed by atoms with Crippen LogP contribution in [0.3, 0.4) is 0 Å². The van der Waals surface area contributed by atoms with Crippen molar-refractivity contribution in [3.05, 3.63) is 0 Å². The molecule has 0 fully saturated rings. The quantitative estimate of drug-likeness (QED) is 0.576. The topological polar surface area (TPSA) is 26.3 Å². The third-order valence-corrected chi connectivity index (χ3v) is 3.63. The molecule has 0 N–H and O–H groups in total. The maximum absolute atomic E-state index is 10.3. The first-order chi connectivity index (χ1) is 3.98. The summed E-state index contributed by atoms with van der Waals surface area (Å²) in [6, 6.07) is 0. The molecule has 0 rings (SSSR count). The number of rotatable bonds is 2. The van der Waals surface area contributed by atoms with Crippen LogP contribution in [0.2, 0.25) is 0 Å². The molecule has 0 unspecified atom stereocenters. The maximum Gasteiger partial charge on any atom is 0.304 e. The second-order valence-corrected chi connectivity index (χ2v) is 5.55. The molecule has 0 amide bonds. The van der Waals surface area contributed by atoms with E-state index in [1.807, 2.05) is 0 Å². The summed E-state index contributed by atoms with van der Waals surface area (Å²) in [6.07, 6.45) is 0. The molecule has 0 atom stereocenters. The van der Waals surface area contributed by atoms with E-state index in [1.165, 1.54) is 6.92 Å². The molecule has 0 saturated heterocycles. The predicted octanol–water partition coefficient (Wildman–Crippen LogP) is 2.39. The van der Waals surface area contributed by atoms with Crippen molar-refractivity contribution in [3.63, 3.8) is 0 Å². The Kier molecular flexibility index (Phi) is 4.33. The molecule has 0 aliphatic rings. The summed E-state index contributed by atoms with van der Waals surface area (Å²) < 4.78 is 3.99. The van der Waals surface area contributed by atoms with Gasteiger partial charge in [0.2, 0.25) is 3.42 Å². The SMILES string of the molecule is CC(=O)OC(Br)(Br)CBr. The highest BCUT2D eigenvalue weighted by Gasteiger charge is 2.23. The van der Waals surface area contributed by atoms with Gasteiger partial charge in [0.15, 0.2) is 0 Å². The lowest BCUT2D eigenvalue weighted by Crippen LogP contribution is -2.20. The summed E-state index contributed by atoms with van der Waals surface area (Å²) in [5, 5.41) is 0.500. The van der Waals surface area contributed by atoms with Crippen molar-refractivity contribution in [2.24, 2.45) is 0 Å². The number of ether oxygens (including phenoxy) is 1. The molecule has 0 heterocycles. The van der Waals surface area contributed by atoms with Crippen molar-refractivity contribution in [1.82, 2.24) is 0 Å². The van der Waals surface area contributed by atoms with E-state index in [0.29, 0.717) is 5.33 Å². The van der Waals surface area contributed by atoms with Gasteiger partial charge in [-0.25, -0.2) is 0 Å². The van der Waals surface area contributed by atoms with E-state index in [1.54, 1.807) is 0 Å². The number of carbonyl (C=O) groups is 1. The zero-order chi connectivity index (χ0) is 7.49. The lowest BCUT2D eigenvalue weighted by atomic mass is 10.8. The first-order valence-corrected chi connectivity index (χ1v) is 4.82. The smallest absolute Gasteiger partial charge is 0.304 e. The summed E-state index contributed by atoms with van der Waals surface area (Å²) in [4.78, 5) is 10.3. The van der Waals surface area contributed by atoms with E-state index in [2.05, 4.69) is 47.8 Å². The fraction of sp³-hybridized carbons (Fsp3) is 0.750. The number of esters is 1. The molecule has 0 radical (unpaired) electrons. The minimum Gasteiger partial charge on any atom is -0.436 e. The van der Waals surface area contributed by atoms with Crippen LogP contribution in [0.5, 0.6) is 0 Å². The molecule has 0 aromatic heterocycles. The van der Waals surface area contributed by atoms with E-state index in [-0.39, 0.29) is 5.97 Å². The molecule has 0 spiro atoms. The number of halogens is 3. The Morgan fingerprint density at radius 1 is 1.67 bits per heavy atom. The normalized spacial score (nSPS) is 11.1. The second kappa shape index (κ2) is 3.93. The van der Waals surface area contributed by atoms with Crippen LogP contribution in [0.15, 0.2) is 0 Å². The third kappa shape index (κ3) is 5.36. The highest BCUT2D eigenvalue weighted by Crippen LogP contribution is 2.29. The highest BCUT2D eigenvalue weighted by molar-refractivity contribution is 9.26. The van der Waals surface area contributed by atoms with Crippen LogP contribution < -0.4 is 0 Å². The van der Waals surface area contributed by atoms with Crippen molar-refractivity contribution in [2.75, 3.05) is 5.33 Å². The molecule has 5 heteroatoms. The van der Waals surface area contributed by atoms with Crippen LogP contribution in [0.4, 0.5) is 0 Å². The van der Waals surface area contributed by atoms with Gasteiger partial charge in [-0.3, -0.25) is 4.79 Å². The molecular formula is C4H5Br3O2. The van der Waals surface area contributed by atoms with E-state index < -0.39 is 3.42 Å². The predicted molar refractivity (Wildman–Crippen MR) is 46.1 cm³/mol. The van der Waals surface area contributed by atoms with E-state index in [4.69, 9.17) is 4.74 Å². The monoisotopic (exact) mass is 322 g/mol. The van der Waals surface area contributed by atoms with Crippen molar-refractivity contribution >= 4 is 53.8 Å². The Balaban J connectivity index is 3.71. The summed E-state index contributed by atoms with van der Waals surface area (Å²) in [5.41, 5.74) is 0. The zero-order valence-electron chi connectivity index (χ0n) is 4.66. The van der Waals surface area contributed by atoms with Crippen molar-refractivity contribution in [3.8, 4) is 0 Å². The van der Waals surface area contributed by atoms with Crippen LogP contribution in [0.1, 0.15) is 6.92 Å². The molecule has 2 nitrogen and oxygen atoms in total. The maximum atomic E-state index is 10.3. The van der Waals surface area contributed by atoms with E-state index in [9.17, 15) is 4.79 Å². The third-order valence-electron chi connectivity index (χ3n) is 0.449. The first-order valence-electron chi connectivity index (χ1n) is 2.11. The molecule has 0 bridgehead atoms. The Labute approximate surface area is 78.7 Å². The number of hydrogen-bond donors (Lipinski definition) is 0.